The van der Waals surface area contributed by atoms with Gasteiger partial charge in [-0.05, 0) is 60.5 Å². The maximum absolute atomic E-state index is 13.9. The van der Waals surface area contributed by atoms with Gasteiger partial charge in [0.2, 0.25) is 11.8 Å². The average molecular weight is 540 g/mol. The van der Waals surface area contributed by atoms with Crippen LogP contribution in [0.25, 0.3) is 0 Å². The van der Waals surface area contributed by atoms with Crippen molar-refractivity contribution in [3.05, 3.63) is 84.4 Å². The van der Waals surface area contributed by atoms with Gasteiger partial charge in [-0.2, -0.15) is 0 Å². The normalized spacial score (nSPS) is 11.8. The minimum Gasteiger partial charge on any atom is -0.497 e. The summed E-state index contributed by atoms with van der Waals surface area (Å²) in [6, 6.07) is 20.7. The van der Waals surface area contributed by atoms with Crippen LogP contribution in [0.4, 0.5) is 5.69 Å². The first-order chi connectivity index (χ1) is 18.2. The molecule has 1 N–H and O–H groups in total. The molecule has 0 saturated heterocycles. The molecule has 10 heteroatoms. The fourth-order valence-electron chi connectivity index (χ4n) is 4.01. The van der Waals surface area contributed by atoms with E-state index in [4.69, 9.17) is 9.47 Å². The molecule has 0 unspecified atom stereocenters. The zero-order valence-corrected chi connectivity index (χ0v) is 22.8. The van der Waals surface area contributed by atoms with E-state index in [0.717, 1.165) is 9.87 Å². The molecule has 0 aliphatic carbocycles. The van der Waals surface area contributed by atoms with Gasteiger partial charge in [-0.15, -0.1) is 0 Å². The number of hydrogen-bond acceptors (Lipinski definition) is 6. The number of likely N-dealkylation sites (N-methyl/N-ethyl adjacent to an activating group) is 1. The fraction of sp³-hybridized carbons (Fsp3) is 0.286. The van der Waals surface area contributed by atoms with E-state index in [9.17, 15) is 18.0 Å². The number of amides is 2. The van der Waals surface area contributed by atoms with Crippen LogP contribution < -0.4 is 19.1 Å². The smallest absolute Gasteiger partial charge is 0.264 e. The minimum absolute atomic E-state index is 0.0451. The number of rotatable bonds is 12. The summed E-state index contributed by atoms with van der Waals surface area (Å²) in [6.07, 6.45) is 0.343. The van der Waals surface area contributed by atoms with Gasteiger partial charge in [0.05, 0.1) is 24.8 Å². The number of nitrogens with one attached hydrogen (secondary N) is 1. The van der Waals surface area contributed by atoms with E-state index in [1.807, 2.05) is 0 Å². The minimum atomic E-state index is -4.11. The first kappa shape index (κ1) is 28.5. The molecule has 3 aromatic carbocycles. The standard InChI is InChI=1S/C28H33N3O6S/c1-5-26(28(33)29-2)30(19-21-11-15-23(36-3)16-12-21)27(32)20-31(22-13-17-24(37-4)18-14-22)38(34,35)25-9-7-6-8-10-25/h6-18,26H,5,19-20H2,1-4H3,(H,29,33)/t26-/m0/s1. The van der Waals surface area contributed by atoms with E-state index in [2.05, 4.69) is 5.32 Å². The van der Waals surface area contributed by atoms with Crippen LogP contribution in [0.2, 0.25) is 0 Å². The first-order valence-corrected chi connectivity index (χ1v) is 13.5. The Bertz CT molecular complexity index is 1310. The van der Waals surface area contributed by atoms with Gasteiger partial charge in [0, 0.05) is 13.6 Å². The Morgan fingerprint density at radius 3 is 1.92 bits per heavy atom. The average Bonchev–Trinajstić information content (AvgIpc) is 2.96. The van der Waals surface area contributed by atoms with E-state index in [0.29, 0.717) is 23.6 Å². The van der Waals surface area contributed by atoms with Gasteiger partial charge in [-0.1, -0.05) is 37.3 Å². The largest absolute Gasteiger partial charge is 0.497 e. The van der Waals surface area contributed by atoms with Gasteiger partial charge < -0.3 is 19.7 Å². The molecule has 3 rings (SSSR count). The molecule has 0 saturated carbocycles. The van der Waals surface area contributed by atoms with Crippen molar-refractivity contribution in [3.8, 4) is 11.5 Å². The molecule has 2 amide bonds. The van der Waals surface area contributed by atoms with Crippen LogP contribution in [0.3, 0.4) is 0 Å². The maximum Gasteiger partial charge on any atom is 0.264 e. The lowest BCUT2D eigenvalue weighted by atomic mass is 10.1. The van der Waals surface area contributed by atoms with Crippen LogP contribution in [-0.2, 0) is 26.2 Å². The lowest BCUT2D eigenvalue weighted by Gasteiger charge is -2.33. The first-order valence-electron chi connectivity index (χ1n) is 12.1. The van der Waals surface area contributed by atoms with E-state index in [1.54, 1.807) is 80.8 Å². The molecular weight excluding hydrogens is 506 g/mol. The van der Waals surface area contributed by atoms with Gasteiger partial charge in [0.15, 0.2) is 0 Å². The molecule has 0 aromatic heterocycles. The van der Waals surface area contributed by atoms with Crippen molar-refractivity contribution in [1.82, 2.24) is 10.2 Å². The van der Waals surface area contributed by atoms with E-state index < -0.39 is 28.5 Å². The zero-order valence-electron chi connectivity index (χ0n) is 22.0. The molecule has 0 aliphatic rings. The molecule has 3 aromatic rings. The van der Waals surface area contributed by atoms with Crippen molar-refractivity contribution in [2.75, 3.05) is 32.1 Å². The number of nitrogens with zero attached hydrogens (tertiary/aromatic N) is 2. The second-order valence-electron chi connectivity index (χ2n) is 8.43. The number of hydrogen-bond donors (Lipinski definition) is 1. The molecular formula is C28H33N3O6S. The molecule has 0 spiro atoms. The lowest BCUT2D eigenvalue weighted by Crippen LogP contribution is -2.51. The van der Waals surface area contributed by atoms with Crippen molar-refractivity contribution in [1.29, 1.82) is 0 Å². The molecule has 38 heavy (non-hydrogen) atoms. The Hall–Kier alpha value is -4.05. The van der Waals surface area contributed by atoms with Crippen LogP contribution in [-0.4, -0.2) is 59.0 Å². The highest BCUT2D eigenvalue weighted by Crippen LogP contribution is 2.27. The summed E-state index contributed by atoms with van der Waals surface area (Å²) in [5.74, 6) is 0.344. The summed E-state index contributed by atoms with van der Waals surface area (Å²) < 4.78 is 39.0. The number of carbonyl (C=O) groups excluding carboxylic acids is 2. The lowest BCUT2D eigenvalue weighted by molar-refractivity contribution is -0.140. The van der Waals surface area contributed by atoms with Crippen LogP contribution in [0.15, 0.2) is 83.8 Å². The Labute approximate surface area is 224 Å². The zero-order chi connectivity index (χ0) is 27.7. The van der Waals surface area contributed by atoms with Gasteiger partial charge in [-0.3, -0.25) is 13.9 Å². The van der Waals surface area contributed by atoms with Crippen molar-refractivity contribution in [2.45, 2.75) is 30.8 Å². The maximum atomic E-state index is 13.9. The van der Waals surface area contributed by atoms with Gasteiger partial charge in [0.1, 0.15) is 24.1 Å². The fourth-order valence-corrected chi connectivity index (χ4v) is 5.45. The van der Waals surface area contributed by atoms with E-state index in [-0.39, 0.29) is 17.3 Å². The third-order valence-electron chi connectivity index (χ3n) is 6.11. The Morgan fingerprint density at radius 1 is 0.868 bits per heavy atom. The summed E-state index contributed by atoms with van der Waals surface area (Å²) in [5.41, 5.74) is 1.06. The van der Waals surface area contributed by atoms with Gasteiger partial charge in [-0.25, -0.2) is 8.42 Å². The van der Waals surface area contributed by atoms with Gasteiger partial charge in [0.25, 0.3) is 10.0 Å². The highest BCUT2D eigenvalue weighted by molar-refractivity contribution is 7.92. The van der Waals surface area contributed by atoms with E-state index in [1.165, 1.54) is 31.2 Å². The third-order valence-corrected chi connectivity index (χ3v) is 7.90. The molecule has 202 valence electrons. The highest BCUT2D eigenvalue weighted by Gasteiger charge is 2.33. The number of sulfonamides is 1. The summed E-state index contributed by atoms with van der Waals surface area (Å²) in [7, 11) is 0.462. The molecule has 9 nitrogen and oxygen atoms in total. The molecule has 1 atom stereocenters. The van der Waals surface area contributed by atoms with Crippen molar-refractivity contribution in [2.24, 2.45) is 0 Å². The molecule has 0 bridgehead atoms. The highest BCUT2D eigenvalue weighted by atomic mass is 32.2. The molecule has 0 aliphatic heterocycles. The van der Waals surface area contributed by atoms with Crippen molar-refractivity contribution in [3.63, 3.8) is 0 Å². The van der Waals surface area contributed by atoms with Gasteiger partial charge >= 0.3 is 0 Å². The van der Waals surface area contributed by atoms with Crippen LogP contribution in [0.1, 0.15) is 18.9 Å². The Morgan fingerprint density at radius 2 is 1.42 bits per heavy atom. The van der Waals surface area contributed by atoms with Crippen LogP contribution in [0.5, 0.6) is 11.5 Å². The number of methoxy groups -OCH3 is 2. The predicted octanol–water partition coefficient (Wildman–Crippen LogP) is 3.45. The number of benzene rings is 3. The molecule has 0 fully saturated rings. The molecule has 0 radical (unpaired) electrons. The summed E-state index contributed by atoms with van der Waals surface area (Å²) >= 11 is 0. The third kappa shape index (κ3) is 6.63. The van der Waals surface area contributed by atoms with E-state index >= 15 is 0 Å². The summed E-state index contributed by atoms with van der Waals surface area (Å²) in [4.78, 5) is 28.1. The topological polar surface area (TPSA) is 105 Å². The molecule has 0 heterocycles. The number of anilines is 1. The SMILES string of the molecule is CC[C@@H](C(=O)NC)N(Cc1ccc(OC)cc1)C(=O)CN(c1ccc(OC)cc1)S(=O)(=O)c1ccccc1. The second-order valence-corrected chi connectivity index (χ2v) is 10.3. The predicted molar refractivity (Wildman–Crippen MR) is 146 cm³/mol. The Kier molecular flexibility index (Phi) is 9.72. The van der Waals surface area contributed by atoms with Crippen molar-refractivity contribution >= 4 is 27.5 Å². The number of carbonyl (C=O) groups is 2. The van der Waals surface area contributed by atoms with Crippen LogP contribution in [0, 0.1) is 0 Å². The van der Waals surface area contributed by atoms with Crippen molar-refractivity contribution < 1.29 is 27.5 Å². The van der Waals surface area contributed by atoms with Crippen LogP contribution >= 0.6 is 0 Å². The Balaban J connectivity index is 2.03. The quantitative estimate of drug-likeness (QED) is 0.378. The second kappa shape index (κ2) is 13.0. The summed E-state index contributed by atoms with van der Waals surface area (Å²) in [6.45, 7) is 1.40. The monoisotopic (exact) mass is 539 g/mol. The summed E-state index contributed by atoms with van der Waals surface area (Å²) in [5, 5.41) is 2.61. The number of ether oxygens (including phenoxy) is 2.